The Kier molecular flexibility index (Phi) is 7.71. The van der Waals surface area contributed by atoms with Gasteiger partial charge in [-0.1, -0.05) is 38.1 Å². The molecule has 0 saturated heterocycles. The molecular formula is C25H27FN2O4S. The van der Waals surface area contributed by atoms with Gasteiger partial charge in [0, 0.05) is 5.69 Å². The Labute approximate surface area is 193 Å². The van der Waals surface area contributed by atoms with Gasteiger partial charge in [0.1, 0.15) is 11.6 Å². The first-order chi connectivity index (χ1) is 15.7. The SMILES string of the molecule is COc1ccc(C(NC(=O)Cc2ccc(NS(=O)(=O)c3ccc(F)cc3)cc2)C(C)C)cc1. The van der Waals surface area contributed by atoms with Crippen LogP contribution < -0.4 is 14.8 Å². The molecule has 3 aromatic rings. The maximum Gasteiger partial charge on any atom is 0.261 e. The number of rotatable bonds is 9. The van der Waals surface area contributed by atoms with Crippen molar-refractivity contribution in [3.63, 3.8) is 0 Å². The lowest BCUT2D eigenvalue weighted by atomic mass is 9.95. The van der Waals surface area contributed by atoms with Crippen molar-refractivity contribution in [2.75, 3.05) is 11.8 Å². The summed E-state index contributed by atoms with van der Waals surface area (Å²) < 4.78 is 45.6. The van der Waals surface area contributed by atoms with Gasteiger partial charge >= 0.3 is 0 Å². The van der Waals surface area contributed by atoms with Crippen LogP contribution in [0.15, 0.2) is 77.7 Å². The molecule has 3 rings (SSSR count). The van der Waals surface area contributed by atoms with Gasteiger partial charge < -0.3 is 10.1 Å². The number of carbonyl (C=O) groups is 1. The molecule has 0 aromatic heterocycles. The zero-order valence-electron chi connectivity index (χ0n) is 18.7. The molecule has 174 valence electrons. The third-order valence-electron chi connectivity index (χ3n) is 5.15. The molecule has 0 bridgehead atoms. The van der Waals surface area contributed by atoms with Crippen LogP contribution in [0.1, 0.15) is 31.0 Å². The van der Waals surface area contributed by atoms with E-state index in [4.69, 9.17) is 4.74 Å². The third kappa shape index (κ3) is 6.55. The van der Waals surface area contributed by atoms with E-state index in [0.717, 1.165) is 29.0 Å². The van der Waals surface area contributed by atoms with Crippen molar-refractivity contribution in [2.24, 2.45) is 5.92 Å². The highest BCUT2D eigenvalue weighted by molar-refractivity contribution is 7.92. The second-order valence-corrected chi connectivity index (χ2v) is 9.68. The van der Waals surface area contributed by atoms with Crippen LogP contribution in [0.3, 0.4) is 0 Å². The van der Waals surface area contributed by atoms with Crippen LogP contribution in [-0.2, 0) is 21.2 Å². The second-order valence-electron chi connectivity index (χ2n) is 8.00. The van der Waals surface area contributed by atoms with Gasteiger partial charge in [0.05, 0.1) is 24.5 Å². The number of ether oxygens (including phenoxy) is 1. The zero-order chi connectivity index (χ0) is 24.0. The largest absolute Gasteiger partial charge is 0.497 e. The predicted molar refractivity (Wildman–Crippen MR) is 126 cm³/mol. The van der Waals surface area contributed by atoms with E-state index in [9.17, 15) is 17.6 Å². The van der Waals surface area contributed by atoms with E-state index in [1.54, 1.807) is 31.4 Å². The minimum absolute atomic E-state index is 0.0365. The second kappa shape index (κ2) is 10.5. The minimum Gasteiger partial charge on any atom is -0.497 e. The van der Waals surface area contributed by atoms with E-state index in [-0.39, 0.29) is 29.2 Å². The number of halogens is 1. The molecule has 0 aliphatic heterocycles. The fraction of sp³-hybridized carbons (Fsp3) is 0.240. The first-order valence-corrected chi connectivity index (χ1v) is 12.0. The number of hydrogen-bond donors (Lipinski definition) is 2. The number of carbonyl (C=O) groups excluding carboxylic acids is 1. The third-order valence-corrected chi connectivity index (χ3v) is 6.55. The first kappa shape index (κ1) is 24.3. The molecule has 1 amide bonds. The normalized spacial score (nSPS) is 12.3. The monoisotopic (exact) mass is 470 g/mol. The highest BCUT2D eigenvalue weighted by Gasteiger charge is 2.19. The molecule has 1 unspecified atom stereocenters. The van der Waals surface area contributed by atoms with E-state index in [1.165, 1.54) is 12.1 Å². The molecule has 3 aromatic carbocycles. The zero-order valence-corrected chi connectivity index (χ0v) is 19.5. The molecule has 33 heavy (non-hydrogen) atoms. The number of nitrogens with one attached hydrogen (secondary N) is 2. The Hall–Kier alpha value is -3.39. The van der Waals surface area contributed by atoms with Crippen LogP contribution in [0.2, 0.25) is 0 Å². The Morgan fingerprint density at radius 1 is 0.939 bits per heavy atom. The molecule has 0 spiro atoms. The molecule has 8 heteroatoms. The number of amides is 1. The molecule has 0 radical (unpaired) electrons. The highest BCUT2D eigenvalue weighted by Crippen LogP contribution is 2.24. The lowest BCUT2D eigenvalue weighted by molar-refractivity contribution is -0.121. The molecule has 0 heterocycles. The quantitative estimate of drug-likeness (QED) is 0.475. The maximum absolute atomic E-state index is 13.0. The van der Waals surface area contributed by atoms with Gasteiger partial charge in [-0.05, 0) is 65.6 Å². The smallest absolute Gasteiger partial charge is 0.261 e. The number of sulfonamides is 1. The minimum atomic E-state index is -3.83. The molecular weight excluding hydrogens is 443 g/mol. The van der Waals surface area contributed by atoms with Crippen molar-refractivity contribution in [3.05, 3.63) is 89.7 Å². The Balaban J connectivity index is 1.63. The van der Waals surface area contributed by atoms with Crippen molar-refractivity contribution < 1.29 is 22.3 Å². The van der Waals surface area contributed by atoms with Gasteiger partial charge in [-0.3, -0.25) is 9.52 Å². The Bertz CT molecular complexity index is 1180. The van der Waals surface area contributed by atoms with Gasteiger partial charge in [0.15, 0.2) is 0 Å². The van der Waals surface area contributed by atoms with E-state index < -0.39 is 15.8 Å². The Morgan fingerprint density at radius 3 is 2.09 bits per heavy atom. The van der Waals surface area contributed by atoms with Crippen LogP contribution in [0.25, 0.3) is 0 Å². The number of hydrogen-bond acceptors (Lipinski definition) is 4. The summed E-state index contributed by atoms with van der Waals surface area (Å²) in [6.07, 6.45) is 0.157. The standard InChI is InChI=1S/C25H27FN2O4S/c1-17(2)25(19-6-12-22(32-3)13-7-19)27-24(29)16-18-4-10-21(11-5-18)28-33(30,31)23-14-8-20(26)9-15-23/h4-15,17,25,28H,16H2,1-3H3,(H,27,29). The van der Waals surface area contributed by atoms with Crippen LogP contribution in [0.4, 0.5) is 10.1 Å². The molecule has 0 aliphatic rings. The lowest BCUT2D eigenvalue weighted by Gasteiger charge is -2.23. The van der Waals surface area contributed by atoms with Gasteiger partial charge in [-0.2, -0.15) is 0 Å². The molecule has 0 saturated carbocycles. The fourth-order valence-electron chi connectivity index (χ4n) is 3.37. The highest BCUT2D eigenvalue weighted by atomic mass is 32.2. The topological polar surface area (TPSA) is 84.5 Å². The summed E-state index contributed by atoms with van der Waals surface area (Å²) >= 11 is 0. The molecule has 2 N–H and O–H groups in total. The average Bonchev–Trinajstić information content (AvgIpc) is 2.79. The lowest BCUT2D eigenvalue weighted by Crippen LogP contribution is -2.32. The predicted octanol–water partition coefficient (Wildman–Crippen LogP) is 4.69. The summed E-state index contributed by atoms with van der Waals surface area (Å²) in [6.45, 7) is 4.08. The number of methoxy groups -OCH3 is 1. The summed E-state index contributed by atoms with van der Waals surface area (Å²) in [7, 11) is -2.23. The summed E-state index contributed by atoms with van der Waals surface area (Å²) in [4.78, 5) is 12.6. The number of benzene rings is 3. The van der Waals surface area contributed by atoms with Crippen LogP contribution in [-0.4, -0.2) is 21.4 Å². The molecule has 0 fully saturated rings. The van der Waals surface area contributed by atoms with Gasteiger partial charge in [-0.25, -0.2) is 12.8 Å². The van der Waals surface area contributed by atoms with Crippen LogP contribution >= 0.6 is 0 Å². The Morgan fingerprint density at radius 2 is 1.55 bits per heavy atom. The summed E-state index contributed by atoms with van der Waals surface area (Å²) in [5, 5.41) is 3.08. The van der Waals surface area contributed by atoms with E-state index in [0.29, 0.717) is 5.69 Å². The van der Waals surface area contributed by atoms with E-state index in [2.05, 4.69) is 10.0 Å². The summed E-state index contributed by atoms with van der Waals surface area (Å²) in [5.74, 6) is 0.292. The number of anilines is 1. The van der Waals surface area contributed by atoms with Crippen molar-refractivity contribution >= 4 is 21.6 Å². The van der Waals surface area contributed by atoms with Crippen LogP contribution in [0.5, 0.6) is 5.75 Å². The molecule has 0 aliphatic carbocycles. The maximum atomic E-state index is 13.0. The van der Waals surface area contributed by atoms with E-state index >= 15 is 0 Å². The molecule has 6 nitrogen and oxygen atoms in total. The van der Waals surface area contributed by atoms with Gasteiger partial charge in [0.25, 0.3) is 10.0 Å². The average molecular weight is 471 g/mol. The van der Waals surface area contributed by atoms with Crippen molar-refractivity contribution in [3.8, 4) is 5.75 Å². The van der Waals surface area contributed by atoms with Crippen molar-refractivity contribution in [1.82, 2.24) is 5.32 Å². The first-order valence-electron chi connectivity index (χ1n) is 10.5. The van der Waals surface area contributed by atoms with Gasteiger partial charge in [-0.15, -0.1) is 0 Å². The fourth-order valence-corrected chi connectivity index (χ4v) is 4.43. The van der Waals surface area contributed by atoms with Crippen molar-refractivity contribution in [1.29, 1.82) is 0 Å². The van der Waals surface area contributed by atoms with Crippen molar-refractivity contribution in [2.45, 2.75) is 31.2 Å². The van der Waals surface area contributed by atoms with E-state index in [1.807, 2.05) is 38.1 Å². The molecule has 1 atom stereocenters. The summed E-state index contributed by atoms with van der Waals surface area (Å²) in [6, 6.07) is 18.6. The van der Waals surface area contributed by atoms with Gasteiger partial charge in [0.2, 0.25) is 5.91 Å². The summed E-state index contributed by atoms with van der Waals surface area (Å²) in [5.41, 5.74) is 2.08. The van der Waals surface area contributed by atoms with Crippen LogP contribution in [0, 0.1) is 11.7 Å².